The van der Waals surface area contributed by atoms with Gasteiger partial charge in [-0.25, -0.2) is 14.4 Å². The van der Waals surface area contributed by atoms with Crippen LogP contribution < -0.4 is 4.90 Å². The van der Waals surface area contributed by atoms with Crippen LogP contribution in [0.5, 0.6) is 0 Å². The first-order chi connectivity index (χ1) is 13.2. The molecule has 0 radical (unpaired) electrons. The number of aromatic amines is 1. The van der Waals surface area contributed by atoms with Crippen LogP contribution in [0.25, 0.3) is 32.9 Å². The van der Waals surface area contributed by atoms with Crippen molar-refractivity contribution in [1.29, 1.82) is 0 Å². The largest absolute Gasteiger partial charge is 0.394 e. The van der Waals surface area contributed by atoms with Gasteiger partial charge in [0, 0.05) is 23.5 Å². The molecule has 2 N–H and O–H groups in total. The molecule has 1 aliphatic heterocycles. The van der Waals surface area contributed by atoms with E-state index < -0.39 is 0 Å². The highest BCUT2D eigenvalue weighted by atomic mass is 19.1. The van der Waals surface area contributed by atoms with Crippen LogP contribution in [-0.4, -0.2) is 44.5 Å². The molecule has 1 unspecified atom stereocenters. The Morgan fingerprint density at radius 2 is 2.15 bits per heavy atom. The van der Waals surface area contributed by atoms with E-state index in [-0.39, 0.29) is 18.5 Å². The Hall–Kier alpha value is -3.06. The van der Waals surface area contributed by atoms with Gasteiger partial charge < -0.3 is 10.0 Å². The highest BCUT2D eigenvalue weighted by Gasteiger charge is 2.26. The molecule has 3 heterocycles. The SMILES string of the molecule is OCC1CCCN1c1ncc2ccc(-c3ccc(F)c4[nH]ncc34)cc2n1. The van der Waals surface area contributed by atoms with Crippen molar-refractivity contribution in [2.75, 3.05) is 18.1 Å². The number of nitrogens with one attached hydrogen (secondary N) is 1. The molecule has 2 aromatic carbocycles. The van der Waals surface area contributed by atoms with E-state index in [2.05, 4.69) is 20.1 Å². The van der Waals surface area contributed by atoms with Gasteiger partial charge in [-0.3, -0.25) is 5.10 Å². The maximum atomic E-state index is 13.9. The number of aliphatic hydroxyl groups excluding tert-OH is 1. The Labute approximate surface area is 154 Å². The quantitative estimate of drug-likeness (QED) is 0.584. The lowest BCUT2D eigenvalue weighted by atomic mass is 10.0. The summed E-state index contributed by atoms with van der Waals surface area (Å²) in [6.45, 7) is 0.958. The van der Waals surface area contributed by atoms with Gasteiger partial charge in [0.05, 0.1) is 24.4 Å². The van der Waals surface area contributed by atoms with Crippen molar-refractivity contribution < 1.29 is 9.50 Å². The van der Waals surface area contributed by atoms with E-state index in [1.165, 1.54) is 6.07 Å². The van der Waals surface area contributed by atoms with Crippen LogP contribution in [0.4, 0.5) is 10.3 Å². The maximum Gasteiger partial charge on any atom is 0.226 e. The van der Waals surface area contributed by atoms with Gasteiger partial charge in [0.15, 0.2) is 0 Å². The lowest BCUT2D eigenvalue weighted by molar-refractivity contribution is 0.265. The number of halogens is 1. The van der Waals surface area contributed by atoms with Crippen molar-refractivity contribution in [3.05, 3.63) is 48.5 Å². The zero-order chi connectivity index (χ0) is 18.4. The zero-order valence-corrected chi connectivity index (χ0v) is 14.6. The van der Waals surface area contributed by atoms with Crippen LogP contribution >= 0.6 is 0 Å². The molecular weight excluding hydrogens is 345 g/mol. The third-order valence-electron chi connectivity index (χ3n) is 5.29. The normalized spacial score (nSPS) is 17.3. The van der Waals surface area contributed by atoms with E-state index in [9.17, 15) is 9.50 Å². The summed E-state index contributed by atoms with van der Waals surface area (Å²) in [5.41, 5.74) is 3.07. The summed E-state index contributed by atoms with van der Waals surface area (Å²) >= 11 is 0. The Morgan fingerprint density at radius 3 is 3.04 bits per heavy atom. The average Bonchev–Trinajstić information content (AvgIpc) is 3.37. The molecule has 7 heteroatoms. The predicted molar refractivity (Wildman–Crippen MR) is 102 cm³/mol. The summed E-state index contributed by atoms with van der Waals surface area (Å²) in [4.78, 5) is 11.3. The maximum absolute atomic E-state index is 13.9. The Bertz CT molecular complexity index is 1140. The van der Waals surface area contributed by atoms with E-state index >= 15 is 0 Å². The van der Waals surface area contributed by atoms with Crippen LogP contribution in [0.15, 0.2) is 42.7 Å². The average molecular weight is 363 g/mol. The number of fused-ring (bicyclic) bond motifs is 2. The summed E-state index contributed by atoms with van der Waals surface area (Å²) in [6, 6.07) is 9.23. The van der Waals surface area contributed by atoms with Crippen LogP contribution in [0.2, 0.25) is 0 Å². The van der Waals surface area contributed by atoms with Gasteiger partial charge in [0.1, 0.15) is 11.3 Å². The van der Waals surface area contributed by atoms with Gasteiger partial charge in [-0.1, -0.05) is 18.2 Å². The molecule has 0 bridgehead atoms. The number of rotatable bonds is 3. The van der Waals surface area contributed by atoms with Crippen molar-refractivity contribution in [3.63, 3.8) is 0 Å². The predicted octanol–water partition coefficient (Wildman–Crippen LogP) is 3.27. The molecule has 27 heavy (non-hydrogen) atoms. The molecule has 5 rings (SSSR count). The summed E-state index contributed by atoms with van der Waals surface area (Å²) in [5, 5.41) is 17.9. The second-order valence-electron chi connectivity index (χ2n) is 6.87. The highest BCUT2D eigenvalue weighted by Crippen LogP contribution is 2.31. The molecule has 2 aromatic heterocycles. The van der Waals surface area contributed by atoms with Crippen molar-refractivity contribution in [2.24, 2.45) is 0 Å². The summed E-state index contributed by atoms with van der Waals surface area (Å²) in [5.74, 6) is 0.324. The molecule has 1 fully saturated rings. The molecule has 1 saturated heterocycles. The molecule has 0 spiro atoms. The van der Waals surface area contributed by atoms with Crippen LogP contribution in [0, 0.1) is 5.82 Å². The second kappa shape index (κ2) is 6.28. The molecule has 6 nitrogen and oxygen atoms in total. The first-order valence-electron chi connectivity index (χ1n) is 9.01. The fraction of sp³-hybridized carbons (Fsp3) is 0.250. The Morgan fingerprint density at radius 1 is 1.22 bits per heavy atom. The van der Waals surface area contributed by atoms with E-state index in [1.54, 1.807) is 12.3 Å². The minimum Gasteiger partial charge on any atom is -0.394 e. The number of H-pyrrole nitrogens is 1. The fourth-order valence-corrected chi connectivity index (χ4v) is 3.86. The van der Waals surface area contributed by atoms with E-state index in [1.807, 2.05) is 24.4 Å². The minimum absolute atomic E-state index is 0.0771. The molecular formula is C20H18FN5O. The van der Waals surface area contributed by atoms with Crippen molar-refractivity contribution in [3.8, 4) is 11.1 Å². The number of aliphatic hydroxyl groups is 1. The summed E-state index contributed by atoms with van der Waals surface area (Å²) in [7, 11) is 0. The standard InChI is InChI=1S/C20H18FN5O/c21-17-6-5-15(16-10-23-25-19(16)17)12-3-4-13-9-22-20(24-18(13)8-12)26-7-1-2-14(26)11-27/h3-6,8-10,14,27H,1-2,7,11H2,(H,23,25). The Balaban J connectivity index is 1.62. The molecule has 0 aliphatic carbocycles. The van der Waals surface area contributed by atoms with Gasteiger partial charge in [-0.05, 0) is 36.1 Å². The number of nitrogens with zero attached hydrogens (tertiary/aromatic N) is 4. The summed E-state index contributed by atoms with van der Waals surface area (Å²) < 4.78 is 13.9. The van der Waals surface area contributed by atoms with E-state index in [0.29, 0.717) is 11.5 Å². The molecule has 1 aliphatic rings. The van der Waals surface area contributed by atoms with Gasteiger partial charge >= 0.3 is 0 Å². The van der Waals surface area contributed by atoms with Gasteiger partial charge in [-0.15, -0.1) is 0 Å². The molecule has 0 saturated carbocycles. The molecule has 4 aromatic rings. The van der Waals surface area contributed by atoms with Gasteiger partial charge in [-0.2, -0.15) is 5.10 Å². The first-order valence-corrected chi connectivity index (χ1v) is 9.01. The van der Waals surface area contributed by atoms with E-state index in [0.717, 1.165) is 46.8 Å². The number of aromatic nitrogens is 4. The third kappa shape index (κ3) is 2.62. The number of hydrogen-bond acceptors (Lipinski definition) is 5. The molecule has 1 atom stereocenters. The monoisotopic (exact) mass is 363 g/mol. The second-order valence-corrected chi connectivity index (χ2v) is 6.87. The van der Waals surface area contributed by atoms with Crippen molar-refractivity contribution in [1.82, 2.24) is 20.2 Å². The van der Waals surface area contributed by atoms with Crippen LogP contribution in [-0.2, 0) is 0 Å². The fourth-order valence-electron chi connectivity index (χ4n) is 3.86. The summed E-state index contributed by atoms with van der Waals surface area (Å²) in [6.07, 6.45) is 5.43. The lowest BCUT2D eigenvalue weighted by Gasteiger charge is -2.22. The number of benzene rings is 2. The molecule has 0 amide bonds. The molecule has 136 valence electrons. The highest BCUT2D eigenvalue weighted by molar-refractivity contribution is 5.96. The third-order valence-corrected chi connectivity index (χ3v) is 5.29. The van der Waals surface area contributed by atoms with Crippen LogP contribution in [0.3, 0.4) is 0 Å². The van der Waals surface area contributed by atoms with Crippen molar-refractivity contribution >= 4 is 27.8 Å². The zero-order valence-electron chi connectivity index (χ0n) is 14.6. The topological polar surface area (TPSA) is 77.9 Å². The smallest absolute Gasteiger partial charge is 0.226 e. The van der Waals surface area contributed by atoms with E-state index in [4.69, 9.17) is 4.98 Å². The number of hydrogen-bond donors (Lipinski definition) is 2. The lowest BCUT2D eigenvalue weighted by Crippen LogP contribution is -2.33. The minimum atomic E-state index is -0.319. The van der Waals surface area contributed by atoms with Gasteiger partial charge in [0.2, 0.25) is 5.95 Å². The van der Waals surface area contributed by atoms with Gasteiger partial charge in [0.25, 0.3) is 0 Å². The number of anilines is 1. The first kappa shape index (κ1) is 16.1. The van der Waals surface area contributed by atoms with Crippen LogP contribution in [0.1, 0.15) is 12.8 Å². The Kier molecular flexibility index (Phi) is 3.75. The van der Waals surface area contributed by atoms with Crippen molar-refractivity contribution in [2.45, 2.75) is 18.9 Å².